The molecule has 38 heavy (non-hydrogen) atoms. The quantitative estimate of drug-likeness (QED) is 0.310. The average Bonchev–Trinajstić information content (AvgIpc) is 3.36. The fourth-order valence-electron chi connectivity index (χ4n) is 3.89. The summed E-state index contributed by atoms with van der Waals surface area (Å²) in [5, 5.41) is 2.19. The third-order valence-electron chi connectivity index (χ3n) is 5.72. The van der Waals surface area contributed by atoms with Gasteiger partial charge in [0.25, 0.3) is 11.8 Å². The summed E-state index contributed by atoms with van der Waals surface area (Å²) in [6.45, 7) is 2.08. The Morgan fingerprint density at radius 3 is 2.58 bits per heavy atom. The van der Waals surface area contributed by atoms with Crippen molar-refractivity contribution in [3.8, 4) is 23.0 Å². The molecule has 3 aromatic carbocycles. The van der Waals surface area contributed by atoms with E-state index in [4.69, 9.17) is 18.9 Å². The molecule has 0 spiro atoms. The number of hydrogen-bond donors (Lipinski definition) is 1. The number of amides is 4. The smallest absolute Gasteiger partial charge is 0.335 e. The molecule has 194 valence electrons. The van der Waals surface area contributed by atoms with Crippen molar-refractivity contribution in [2.75, 3.05) is 18.3 Å². The van der Waals surface area contributed by atoms with Gasteiger partial charge >= 0.3 is 6.03 Å². The van der Waals surface area contributed by atoms with Gasteiger partial charge in [-0.25, -0.2) is 14.1 Å². The van der Waals surface area contributed by atoms with E-state index in [1.165, 1.54) is 24.3 Å². The molecule has 0 radical (unpaired) electrons. The minimum Gasteiger partial charge on any atom is -0.490 e. The molecule has 3 aromatic rings. The molecule has 0 atom stereocenters. The Balaban J connectivity index is 1.46. The van der Waals surface area contributed by atoms with E-state index < -0.39 is 23.7 Å². The summed E-state index contributed by atoms with van der Waals surface area (Å²) in [6.07, 6.45) is 1.34. The topological polar surface area (TPSA) is 103 Å². The van der Waals surface area contributed by atoms with Gasteiger partial charge in [-0.05, 0) is 48.9 Å². The number of benzene rings is 3. The number of barbiturate groups is 1. The lowest BCUT2D eigenvalue weighted by molar-refractivity contribution is -0.122. The Hall–Kier alpha value is -4.38. The number of imide groups is 2. The second-order valence-electron chi connectivity index (χ2n) is 8.13. The van der Waals surface area contributed by atoms with Crippen LogP contribution in [-0.4, -0.2) is 31.2 Å². The summed E-state index contributed by atoms with van der Waals surface area (Å²) in [4.78, 5) is 39.4. The van der Waals surface area contributed by atoms with Crippen LogP contribution in [0.1, 0.15) is 18.1 Å². The zero-order valence-electron chi connectivity index (χ0n) is 20.0. The number of nitrogens with zero attached hydrogens (tertiary/aromatic N) is 1. The molecular weight excluding hydrogens is 563 g/mol. The number of halogens is 2. The van der Waals surface area contributed by atoms with Crippen LogP contribution < -0.4 is 29.2 Å². The van der Waals surface area contributed by atoms with Gasteiger partial charge in [0.2, 0.25) is 6.79 Å². The van der Waals surface area contributed by atoms with Gasteiger partial charge in [-0.2, -0.15) is 0 Å². The number of urea groups is 1. The number of fused-ring (bicyclic) bond motifs is 1. The molecule has 1 fully saturated rings. The Morgan fingerprint density at radius 1 is 1.03 bits per heavy atom. The molecule has 2 heterocycles. The molecule has 9 nitrogen and oxygen atoms in total. The highest BCUT2D eigenvalue weighted by atomic mass is 79.9. The van der Waals surface area contributed by atoms with Crippen molar-refractivity contribution in [1.29, 1.82) is 0 Å². The second-order valence-corrected chi connectivity index (χ2v) is 8.98. The molecule has 0 bridgehead atoms. The first-order valence-corrected chi connectivity index (χ1v) is 12.3. The molecule has 5 rings (SSSR count). The number of nitrogens with one attached hydrogen (secondary N) is 1. The van der Waals surface area contributed by atoms with Gasteiger partial charge in [0.1, 0.15) is 18.0 Å². The monoisotopic (exact) mass is 582 g/mol. The Kier molecular flexibility index (Phi) is 7.01. The van der Waals surface area contributed by atoms with Crippen molar-refractivity contribution in [3.05, 3.63) is 81.6 Å². The van der Waals surface area contributed by atoms with Gasteiger partial charge in [0, 0.05) is 16.1 Å². The van der Waals surface area contributed by atoms with Crippen molar-refractivity contribution >= 4 is 45.5 Å². The van der Waals surface area contributed by atoms with Crippen LogP contribution in [0.2, 0.25) is 0 Å². The van der Waals surface area contributed by atoms with Gasteiger partial charge in [-0.1, -0.05) is 34.1 Å². The first kappa shape index (κ1) is 25.3. The van der Waals surface area contributed by atoms with E-state index in [2.05, 4.69) is 21.2 Å². The van der Waals surface area contributed by atoms with Gasteiger partial charge in [-0.15, -0.1) is 0 Å². The fraction of sp³-hybridized carbons (Fsp3) is 0.148. The van der Waals surface area contributed by atoms with Crippen LogP contribution in [0, 0.1) is 5.82 Å². The zero-order valence-corrected chi connectivity index (χ0v) is 21.5. The first-order valence-electron chi connectivity index (χ1n) is 11.5. The molecule has 0 unspecified atom stereocenters. The molecule has 4 amide bonds. The van der Waals surface area contributed by atoms with E-state index in [0.29, 0.717) is 45.2 Å². The zero-order chi connectivity index (χ0) is 26.8. The summed E-state index contributed by atoms with van der Waals surface area (Å²) in [5.41, 5.74) is 0.728. The van der Waals surface area contributed by atoms with Gasteiger partial charge < -0.3 is 18.9 Å². The van der Waals surface area contributed by atoms with Crippen LogP contribution in [0.15, 0.2) is 64.6 Å². The Bertz CT molecular complexity index is 1490. The van der Waals surface area contributed by atoms with Crippen molar-refractivity contribution in [3.63, 3.8) is 0 Å². The minimum absolute atomic E-state index is 0.0265. The van der Waals surface area contributed by atoms with Gasteiger partial charge in [0.05, 0.1) is 12.3 Å². The van der Waals surface area contributed by atoms with Gasteiger partial charge in [0.15, 0.2) is 23.0 Å². The third kappa shape index (κ3) is 4.92. The summed E-state index contributed by atoms with van der Waals surface area (Å²) < 4.78 is 36.6. The van der Waals surface area contributed by atoms with Crippen LogP contribution in [0.4, 0.5) is 14.9 Å². The van der Waals surface area contributed by atoms with E-state index in [1.54, 1.807) is 43.3 Å². The molecule has 0 aliphatic carbocycles. The van der Waals surface area contributed by atoms with E-state index in [0.717, 1.165) is 4.90 Å². The van der Waals surface area contributed by atoms with Crippen molar-refractivity contribution in [2.24, 2.45) is 0 Å². The number of hydrogen-bond acceptors (Lipinski definition) is 7. The highest BCUT2D eigenvalue weighted by molar-refractivity contribution is 9.10. The molecule has 1 saturated heterocycles. The molecule has 2 aliphatic heterocycles. The van der Waals surface area contributed by atoms with E-state index >= 15 is 0 Å². The van der Waals surface area contributed by atoms with Crippen LogP contribution in [0.25, 0.3) is 6.08 Å². The normalized spacial score (nSPS) is 15.6. The first-order chi connectivity index (χ1) is 18.4. The summed E-state index contributed by atoms with van der Waals surface area (Å²) >= 11 is 3.44. The average molecular weight is 583 g/mol. The SMILES string of the molecule is CCOc1cc(/C=C2\C(=O)NC(=O)N(c3ccc4c(c3)OCO4)C2=O)c(Br)cc1OCc1ccccc1F. The standard InChI is InChI=1S/C27H20BrFN2O7/c1-2-35-22-10-16(19(28)12-24(22)36-13-15-5-3-4-6-20(15)29)9-18-25(32)30-27(34)31(26(18)33)17-7-8-21-23(11-17)38-14-37-21/h3-12H,2,13-14H2,1H3,(H,30,32,34)/b18-9+. The molecule has 0 aromatic heterocycles. The Labute approximate surface area is 224 Å². The van der Waals surface area contributed by atoms with E-state index in [1.807, 2.05) is 0 Å². The minimum atomic E-state index is -0.887. The predicted molar refractivity (Wildman–Crippen MR) is 138 cm³/mol. The van der Waals surface area contributed by atoms with E-state index in [9.17, 15) is 18.8 Å². The van der Waals surface area contributed by atoms with Crippen LogP contribution in [0.3, 0.4) is 0 Å². The molecule has 11 heteroatoms. The maximum absolute atomic E-state index is 14.0. The van der Waals surface area contributed by atoms with Crippen molar-refractivity contribution in [2.45, 2.75) is 13.5 Å². The molecular formula is C27H20BrFN2O7. The summed E-state index contributed by atoms with van der Waals surface area (Å²) in [6, 6.07) is 13.1. The molecule has 0 saturated carbocycles. The number of anilines is 1. The van der Waals surface area contributed by atoms with Gasteiger partial charge in [-0.3, -0.25) is 14.9 Å². The molecule has 2 aliphatic rings. The predicted octanol–water partition coefficient (Wildman–Crippen LogP) is 4.96. The van der Waals surface area contributed by atoms with Crippen LogP contribution in [0.5, 0.6) is 23.0 Å². The highest BCUT2D eigenvalue weighted by Gasteiger charge is 2.37. The number of carbonyl (C=O) groups excluding carboxylic acids is 3. The van der Waals surface area contributed by atoms with E-state index in [-0.39, 0.29) is 24.7 Å². The maximum Gasteiger partial charge on any atom is 0.335 e. The number of rotatable bonds is 7. The lowest BCUT2D eigenvalue weighted by Gasteiger charge is -2.26. The van der Waals surface area contributed by atoms with Crippen LogP contribution >= 0.6 is 15.9 Å². The highest BCUT2D eigenvalue weighted by Crippen LogP contribution is 2.38. The lowest BCUT2D eigenvalue weighted by atomic mass is 10.1. The summed E-state index contributed by atoms with van der Waals surface area (Å²) in [5.74, 6) is -0.541. The van der Waals surface area contributed by atoms with Crippen LogP contribution in [-0.2, 0) is 16.2 Å². The third-order valence-corrected chi connectivity index (χ3v) is 6.41. The fourth-order valence-corrected chi connectivity index (χ4v) is 4.32. The van der Waals surface area contributed by atoms with Crippen molar-refractivity contribution < 1.29 is 37.7 Å². The van der Waals surface area contributed by atoms with Crippen molar-refractivity contribution in [1.82, 2.24) is 5.32 Å². The second kappa shape index (κ2) is 10.5. The maximum atomic E-state index is 14.0. The number of carbonyl (C=O) groups is 3. The molecule has 1 N–H and O–H groups in total. The Morgan fingerprint density at radius 2 is 1.79 bits per heavy atom. The largest absolute Gasteiger partial charge is 0.490 e. The number of ether oxygens (including phenoxy) is 4. The lowest BCUT2D eigenvalue weighted by Crippen LogP contribution is -2.54. The summed E-state index contributed by atoms with van der Waals surface area (Å²) in [7, 11) is 0.